The third-order valence-corrected chi connectivity index (χ3v) is 0.941. The second kappa shape index (κ2) is 6.13. The fraction of sp³-hybridized carbons (Fsp3) is 0.571. The van der Waals surface area contributed by atoms with Gasteiger partial charge in [0.2, 0.25) is 5.91 Å². The summed E-state index contributed by atoms with van der Waals surface area (Å²) >= 11 is 0. The van der Waals surface area contributed by atoms with Crippen LogP contribution in [0.5, 0.6) is 0 Å². The second-order valence-corrected chi connectivity index (χ2v) is 1.70. The van der Waals surface area contributed by atoms with Crippen molar-refractivity contribution in [2.75, 3.05) is 13.7 Å². The van der Waals surface area contributed by atoms with Gasteiger partial charge in [-0.3, -0.25) is 4.79 Å². The zero-order valence-corrected chi connectivity index (χ0v) is 6.39. The first-order chi connectivity index (χ1) is 4.81. The summed E-state index contributed by atoms with van der Waals surface area (Å²) in [7, 11) is 1.61. The molecule has 0 rings (SSSR count). The normalized spacial score (nSPS) is 9.80. The molecule has 0 saturated heterocycles. The van der Waals surface area contributed by atoms with Gasteiger partial charge in [0.1, 0.15) is 0 Å². The van der Waals surface area contributed by atoms with Crippen LogP contribution in [0.2, 0.25) is 0 Å². The fourth-order valence-corrected chi connectivity index (χ4v) is 0.421. The van der Waals surface area contributed by atoms with E-state index in [0.717, 1.165) is 0 Å². The molecule has 1 N–H and O–H groups in total. The van der Waals surface area contributed by atoms with Crippen LogP contribution < -0.4 is 5.32 Å². The van der Waals surface area contributed by atoms with Crippen LogP contribution >= 0.6 is 0 Å². The standard InChI is InChI=1S/C7H13NO2/c1-3-10-6-4-5-7(9)8-2/h4,6H,3,5H2,1-2H3,(H,8,9)/b6-4+. The molecule has 0 heterocycles. The molecule has 0 radical (unpaired) electrons. The van der Waals surface area contributed by atoms with E-state index in [0.29, 0.717) is 13.0 Å². The Hall–Kier alpha value is -0.990. The van der Waals surface area contributed by atoms with Gasteiger partial charge in [-0.25, -0.2) is 0 Å². The second-order valence-electron chi connectivity index (χ2n) is 1.70. The smallest absolute Gasteiger partial charge is 0.223 e. The lowest BCUT2D eigenvalue weighted by molar-refractivity contribution is -0.119. The number of carbonyl (C=O) groups excluding carboxylic acids is 1. The van der Waals surface area contributed by atoms with E-state index in [1.54, 1.807) is 13.1 Å². The summed E-state index contributed by atoms with van der Waals surface area (Å²) < 4.78 is 4.87. The number of hydrogen-bond acceptors (Lipinski definition) is 2. The molecule has 0 atom stereocenters. The Labute approximate surface area is 61.1 Å². The first kappa shape index (κ1) is 9.01. The van der Waals surface area contributed by atoms with Crippen molar-refractivity contribution in [2.24, 2.45) is 0 Å². The van der Waals surface area contributed by atoms with Crippen molar-refractivity contribution < 1.29 is 9.53 Å². The molecule has 3 nitrogen and oxygen atoms in total. The van der Waals surface area contributed by atoms with Crippen molar-refractivity contribution >= 4 is 5.91 Å². The van der Waals surface area contributed by atoms with Gasteiger partial charge in [-0.05, 0) is 13.0 Å². The van der Waals surface area contributed by atoms with Gasteiger partial charge < -0.3 is 10.1 Å². The highest BCUT2D eigenvalue weighted by molar-refractivity contribution is 5.76. The molecule has 0 bridgehead atoms. The summed E-state index contributed by atoms with van der Waals surface area (Å²) in [5.74, 6) is -0.00375. The van der Waals surface area contributed by atoms with Crippen LogP contribution in [0, 0.1) is 0 Å². The lowest BCUT2D eigenvalue weighted by Gasteiger charge is -1.93. The third kappa shape index (κ3) is 5.15. The van der Waals surface area contributed by atoms with Crippen LogP contribution in [-0.4, -0.2) is 19.6 Å². The fourth-order valence-electron chi connectivity index (χ4n) is 0.421. The van der Waals surface area contributed by atoms with Gasteiger partial charge in [0, 0.05) is 13.5 Å². The van der Waals surface area contributed by atoms with E-state index < -0.39 is 0 Å². The van der Waals surface area contributed by atoms with Crippen molar-refractivity contribution in [2.45, 2.75) is 13.3 Å². The van der Waals surface area contributed by atoms with E-state index in [1.807, 2.05) is 6.92 Å². The molecule has 0 fully saturated rings. The van der Waals surface area contributed by atoms with Crippen LogP contribution in [-0.2, 0) is 9.53 Å². The zero-order valence-electron chi connectivity index (χ0n) is 6.39. The Kier molecular flexibility index (Phi) is 5.53. The predicted octanol–water partition coefficient (Wildman–Crippen LogP) is 0.673. The molecular weight excluding hydrogens is 130 g/mol. The van der Waals surface area contributed by atoms with Crippen LogP contribution in [0.3, 0.4) is 0 Å². The highest BCUT2D eigenvalue weighted by Gasteiger charge is 1.89. The van der Waals surface area contributed by atoms with Gasteiger partial charge in [-0.1, -0.05) is 0 Å². The molecule has 1 amide bonds. The summed E-state index contributed by atoms with van der Waals surface area (Å²) in [6, 6.07) is 0. The topological polar surface area (TPSA) is 38.3 Å². The van der Waals surface area contributed by atoms with Gasteiger partial charge >= 0.3 is 0 Å². The van der Waals surface area contributed by atoms with Crippen molar-refractivity contribution in [1.82, 2.24) is 5.32 Å². The lowest BCUT2D eigenvalue weighted by Crippen LogP contribution is -2.15. The van der Waals surface area contributed by atoms with Crippen molar-refractivity contribution in [3.8, 4) is 0 Å². The summed E-state index contributed by atoms with van der Waals surface area (Å²) in [4.78, 5) is 10.6. The molecule has 10 heavy (non-hydrogen) atoms. The molecule has 0 aromatic carbocycles. The van der Waals surface area contributed by atoms with E-state index in [9.17, 15) is 4.79 Å². The Morgan fingerprint density at radius 1 is 1.70 bits per heavy atom. The summed E-state index contributed by atoms with van der Waals surface area (Å²) in [5.41, 5.74) is 0. The van der Waals surface area contributed by atoms with Gasteiger partial charge in [0.15, 0.2) is 0 Å². The molecular formula is C7H13NO2. The Bertz CT molecular complexity index is 121. The Morgan fingerprint density at radius 3 is 2.90 bits per heavy atom. The summed E-state index contributed by atoms with van der Waals surface area (Å²) in [5, 5.41) is 2.50. The summed E-state index contributed by atoms with van der Waals surface area (Å²) in [6.07, 6.45) is 3.61. The van der Waals surface area contributed by atoms with Gasteiger partial charge in [-0.2, -0.15) is 0 Å². The maximum atomic E-state index is 10.6. The van der Waals surface area contributed by atoms with E-state index >= 15 is 0 Å². The molecule has 0 saturated carbocycles. The van der Waals surface area contributed by atoms with E-state index in [1.165, 1.54) is 6.26 Å². The first-order valence-corrected chi connectivity index (χ1v) is 3.28. The van der Waals surface area contributed by atoms with E-state index in [2.05, 4.69) is 5.32 Å². The largest absolute Gasteiger partial charge is 0.502 e. The lowest BCUT2D eigenvalue weighted by atomic mass is 10.4. The molecule has 0 spiro atoms. The molecule has 0 unspecified atom stereocenters. The average molecular weight is 143 g/mol. The molecule has 0 aromatic heterocycles. The van der Waals surface area contributed by atoms with Crippen molar-refractivity contribution in [3.05, 3.63) is 12.3 Å². The van der Waals surface area contributed by atoms with Gasteiger partial charge in [0.05, 0.1) is 12.9 Å². The van der Waals surface area contributed by atoms with Gasteiger partial charge in [0.25, 0.3) is 0 Å². The minimum atomic E-state index is -0.00375. The predicted molar refractivity (Wildman–Crippen MR) is 39.4 cm³/mol. The molecule has 0 aliphatic rings. The maximum Gasteiger partial charge on any atom is 0.223 e. The minimum Gasteiger partial charge on any atom is -0.502 e. The zero-order chi connectivity index (χ0) is 7.82. The van der Waals surface area contributed by atoms with Gasteiger partial charge in [-0.15, -0.1) is 0 Å². The number of amides is 1. The molecule has 0 aliphatic carbocycles. The summed E-state index contributed by atoms with van der Waals surface area (Å²) in [6.45, 7) is 2.54. The maximum absolute atomic E-state index is 10.6. The van der Waals surface area contributed by atoms with Crippen LogP contribution in [0.4, 0.5) is 0 Å². The SMILES string of the molecule is CCO/C=C/CC(=O)NC. The number of ether oxygens (including phenoxy) is 1. The van der Waals surface area contributed by atoms with Crippen LogP contribution in [0.25, 0.3) is 0 Å². The number of hydrogen-bond donors (Lipinski definition) is 1. The van der Waals surface area contributed by atoms with Crippen LogP contribution in [0.15, 0.2) is 12.3 Å². The Balaban J connectivity index is 3.25. The highest BCUT2D eigenvalue weighted by atomic mass is 16.5. The number of rotatable bonds is 4. The number of nitrogens with one attached hydrogen (secondary N) is 1. The molecule has 0 aliphatic heterocycles. The van der Waals surface area contributed by atoms with E-state index in [-0.39, 0.29) is 5.91 Å². The third-order valence-electron chi connectivity index (χ3n) is 0.941. The molecule has 58 valence electrons. The van der Waals surface area contributed by atoms with Crippen LogP contribution in [0.1, 0.15) is 13.3 Å². The minimum absolute atomic E-state index is 0.00375. The van der Waals surface area contributed by atoms with Crippen molar-refractivity contribution in [1.29, 1.82) is 0 Å². The van der Waals surface area contributed by atoms with E-state index in [4.69, 9.17) is 4.74 Å². The molecule has 0 aromatic rings. The average Bonchev–Trinajstić information content (AvgIpc) is 1.98. The monoisotopic (exact) mass is 143 g/mol. The number of carbonyl (C=O) groups is 1. The quantitative estimate of drug-likeness (QED) is 0.587. The molecule has 3 heteroatoms. The first-order valence-electron chi connectivity index (χ1n) is 3.28. The highest BCUT2D eigenvalue weighted by Crippen LogP contribution is 1.83. The van der Waals surface area contributed by atoms with Crippen molar-refractivity contribution in [3.63, 3.8) is 0 Å². The Morgan fingerprint density at radius 2 is 2.40 bits per heavy atom.